The van der Waals surface area contributed by atoms with Crippen LogP contribution in [0.15, 0.2) is 83.8 Å². The van der Waals surface area contributed by atoms with E-state index in [4.69, 9.17) is 4.74 Å². The molecule has 0 radical (unpaired) electrons. The number of anilines is 2. The molecule has 0 bridgehead atoms. The summed E-state index contributed by atoms with van der Waals surface area (Å²) in [6, 6.07) is 22.5. The van der Waals surface area contributed by atoms with E-state index in [0.29, 0.717) is 49.7 Å². The van der Waals surface area contributed by atoms with Crippen molar-refractivity contribution in [1.82, 2.24) is 4.31 Å². The molecule has 1 fully saturated rings. The van der Waals surface area contributed by atoms with Crippen LogP contribution in [-0.2, 0) is 26.0 Å². The van der Waals surface area contributed by atoms with Gasteiger partial charge in [0.05, 0.1) is 18.1 Å². The second-order valence-electron chi connectivity index (χ2n) is 8.11. The fourth-order valence-corrected chi connectivity index (χ4v) is 5.12. The van der Waals surface area contributed by atoms with Crippen LogP contribution in [0, 0.1) is 0 Å². The maximum absolute atomic E-state index is 12.7. The van der Waals surface area contributed by atoms with Gasteiger partial charge in [0, 0.05) is 36.4 Å². The summed E-state index contributed by atoms with van der Waals surface area (Å²) in [5.41, 5.74) is 2.57. The number of benzene rings is 3. The molecule has 1 aliphatic rings. The van der Waals surface area contributed by atoms with Crippen LogP contribution in [0.3, 0.4) is 0 Å². The lowest BCUT2D eigenvalue weighted by atomic mass is 10.1. The molecule has 1 aliphatic heterocycles. The zero-order chi connectivity index (χ0) is 24.7. The second-order valence-corrected chi connectivity index (χ2v) is 10.0. The number of amides is 2. The minimum atomic E-state index is -3.54. The highest BCUT2D eigenvalue weighted by molar-refractivity contribution is 7.89. The average Bonchev–Trinajstić information content (AvgIpc) is 2.89. The normalized spacial score (nSPS) is 14.3. The van der Waals surface area contributed by atoms with Crippen LogP contribution in [0.4, 0.5) is 11.4 Å². The van der Waals surface area contributed by atoms with E-state index < -0.39 is 10.0 Å². The van der Waals surface area contributed by atoms with Crippen LogP contribution < -0.4 is 10.6 Å². The number of rotatable bonds is 8. The van der Waals surface area contributed by atoms with E-state index >= 15 is 0 Å². The average molecular weight is 494 g/mol. The Kier molecular flexibility index (Phi) is 7.91. The van der Waals surface area contributed by atoms with Gasteiger partial charge >= 0.3 is 0 Å². The molecule has 2 N–H and O–H groups in total. The van der Waals surface area contributed by atoms with Gasteiger partial charge in [-0.1, -0.05) is 36.4 Å². The molecule has 35 heavy (non-hydrogen) atoms. The highest BCUT2D eigenvalue weighted by Crippen LogP contribution is 2.19. The van der Waals surface area contributed by atoms with E-state index in [1.807, 2.05) is 6.07 Å². The molecule has 0 unspecified atom stereocenters. The van der Waals surface area contributed by atoms with Gasteiger partial charge < -0.3 is 15.4 Å². The largest absolute Gasteiger partial charge is 0.379 e. The van der Waals surface area contributed by atoms with Crippen molar-refractivity contribution < 1.29 is 22.7 Å². The summed E-state index contributed by atoms with van der Waals surface area (Å²) in [6.45, 7) is 1.49. The number of carbonyl (C=O) groups is 2. The topological polar surface area (TPSA) is 105 Å². The number of morpholine rings is 1. The Balaban J connectivity index is 1.30. The van der Waals surface area contributed by atoms with Gasteiger partial charge in [-0.15, -0.1) is 0 Å². The van der Waals surface area contributed by atoms with Gasteiger partial charge in [-0.05, 0) is 54.4 Å². The molecule has 3 aromatic rings. The van der Waals surface area contributed by atoms with Crippen LogP contribution in [-0.4, -0.2) is 50.8 Å². The molecule has 182 valence electrons. The van der Waals surface area contributed by atoms with Crippen molar-refractivity contribution in [2.45, 2.75) is 17.7 Å². The van der Waals surface area contributed by atoms with E-state index in [9.17, 15) is 18.0 Å². The summed E-state index contributed by atoms with van der Waals surface area (Å²) in [5, 5.41) is 5.66. The van der Waals surface area contributed by atoms with E-state index in [1.165, 1.54) is 4.31 Å². The Morgan fingerprint density at radius 2 is 1.49 bits per heavy atom. The number of hydrogen-bond donors (Lipinski definition) is 2. The lowest BCUT2D eigenvalue weighted by molar-refractivity contribution is -0.116. The molecule has 1 saturated heterocycles. The molecule has 9 heteroatoms. The number of aryl methyl sites for hydroxylation is 1. The van der Waals surface area contributed by atoms with Gasteiger partial charge in [-0.25, -0.2) is 8.42 Å². The van der Waals surface area contributed by atoms with Gasteiger partial charge in [0.2, 0.25) is 15.9 Å². The van der Waals surface area contributed by atoms with E-state index in [1.54, 1.807) is 72.8 Å². The van der Waals surface area contributed by atoms with Gasteiger partial charge in [0.1, 0.15) is 0 Å². The summed E-state index contributed by atoms with van der Waals surface area (Å²) in [7, 11) is -3.54. The maximum atomic E-state index is 12.7. The molecule has 0 atom stereocenters. The number of sulfonamides is 1. The van der Waals surface area contributed by atoms with Crippen LogP contribution in [0.1, 0.15) is 22.3 Å². The number of carbonyl (C=O) groups excluding carboxylic acids is 2. The van der Waals surface area contributed by atoms with Crippen molar-refractivity contribution >= 4 is 33.2 Å². The van der Waals surface area contributed by atoms with Crippen molar-refractivity contribution in [1.29, 1.82) is 0 Å². The fraction of sp³-hybridized carbons (Fsp3) is 0.231. The molecular weight excluding hydrogens is 466 g/mol. The highest BCUT2D eigenvalue weighted by Gasteiger charge is 2.26. The van der Waals surface area contributed by atoms with Crippen LogP contribution >= 0.6 is 0 Å². The molecule has 0 saturated carbocycles. The Bertz CT molecular complexity index is 1270. The SMILES string of the molecule is O=C(CCc1ccc(S(=O)(=O)N2CCOCC2)cc1)Nc1cccc(NC(=O)c2ccccc2)c1. The first-order valence-corrected chi connectivity index (χ1v) is 12.8. The van der Waals surface area contributed by atoms with Gasteiger partial charge in [0.15, 0.2) is 0 Å². The number of nitrogens with one attached hydrogen (secondary N) is 2. The predicted molar refractivity (Wildman–Crippen MR) is 134 cm³/mol. The first-order valence-electron chi connectivity index (χ1n) is 11.3. The highest BCUT2D eigenvalue weighted by atomic mass is 32.2. The zero-order valence-corrected chi connectivity index (χ0v) is 20.0. The Morgan fingerprint density at radius 3 is 2.17 bits per heavy atom. The zero-order valence-electron chi connectivity index (χ0n) is 19.1. The third kappa shape index (κ3) is 6.54. The molecule has 2 amide bonds. The minimum Gasteiger partial charge on any atom is -0.379 e. The number of ether oxygens (including phenoxy) is 1. The minimum absolute atomic E-state index is 0.179. The van der Waals surface area contributed by atoms with Gasteiger partial charge in [0.25, 0.3) is 5.91 Å². The fourth-order valence-electron chi connectivity index (χ4n) is 3.71. The smallest absolute Gasteiger partial charge is 0.255 e. The molecule has 8 nitrogen and oxygen atoms in total. The Hall–Kier alpha value is -3.53. The van der Waals surface area contributed by atoms with Crippen molar-refractivity contribution in [2.75, 3.05) is 36.9 Å². The monoisotopic (exact) mass is 493 g/mol. The lowest BCUT2D eigenvalue weighted by Crippen LogP contribution is -2.40. The first kappa shape index (κ1) is 24.6. The number of nitrogens with zero attached hydrogens (tertiary/aromatic N) is 1. The lowest BCUT2D eigenvalue weighted by Gasteiger charge is -2.26. The van der Waals surface area contributed by atoms with Crippen LogP contribution in [0.25, 0.3) is 0 Å². The third-order valence-corrected chi connectivity index (χ3v) is 7.52. The molecule has 0 spiro atoms. The quantitative estimate of drug-likeness (QED) is 0.500. The third-order valence-electron chi connectivity index (χ3n) is 5.61. The van der Waals surface area contributed by atoms with Gasteiger partial charge in [-0.3, -0.25) is 9.59 Å². The van der Waals surface area contributed by atoms with Crippen molar-refractivity contribution in [3.63, 3.8) is 0 Å². The summed E-state index contributed by atoms with van der Waals surface area (Å²) < 4.78 is 32.1. The molecule has 1 heterocycles. The van der Waals surface area contributed by atoms with E-state index in [-0.39, 0.29) is 23.1 Å². The van der Waals surface area contributed by atoms with Crippen molar-refractivity contribution in [2.24, 2.45) is 0 Å². The van der Waals surface area contributed by atoms with Crippen LogP contribution in [0.5, 0.6) is 0 Å². The Morgan fingerprint density at radius 1 is 0.829 bits per heavy atom. The van der Waals surface area contributed by atoms with Crippen molar-refractivity contribution in [3.05, 3.63) is 90.0 Å². The van der Waals surface area contributed by atoms with E-state index in [0.717, 1.165) is 5.56 Å². The summed E-state index contributed by atoms with van der Waals surface area (Å²) >= 11 is 0. The standard InChI is InChI=1S/C26H27N3O5S/c30-25(27-22-7-4-8-23(19-22)28-26(31)21-5-2-1-3-6-21)14-11-20-9-12-24(13-10-20)35(32,33)29-15-17-34-18-16-29/h1-10,12-13,19H,11,14-18H2,(H,27,30)(H,28,31). The Labute approximate surface area is 205 Å². The van der Waals surface area contributed by atoms with E-state index in [2.05, 4.69) is 10.6 Å². The van der Waals surface area contributed by atoms with Gasteiger partial charge in [-0.2, -0.15) is 4.31 Å². The number of hydrogen-bond acceptors (Lipinski definition) is 5. The molecule has 4 rings (SSSR count). The summed E-state index contributed by atoms with van der Waals surface area (Å²) in [4.78, 5) is 25.0. The van der Waals surface area contributed by atoms with Crippen molar-refractivity contribution in [3.8, 4) is 0 Å². The molecule has 3 aromatic carbocycles. The molecular formula is C26H27N3O5S. The predicted octanol–water partition coefficient (Wildman–Crippen LogP) is 3.53. The summed E-state index contributed by atoms with van der Waals surface area (Å²) in [6.07, 6.45) is 0.699. The maximum Gasteiger partial charge on any atom is 0.255 e. The van der Waals surface area contributed by atoms with Crippen LogP contribution in [0.2, 0.25) is 0 Å². The molecule has 0 aliphatic carbocycles. The second kappa shape index (κ2) is 11.3. The summed E-state index contributed by atoms with van der Waals surface area (Å²) in [5.74, 6) is -0.408. The molecule has 0 aromatic heterocycles. The first-order chi connectivity index (χ1) is 16.9.